The Balaban J connectivity index is 2.41. The molecule has 0 bridgehead atoms. The Kier molecular flexibility index (Phi) is 4.71. The van der Waals surface area contributed by atoms with Crippen LogP contribution in [0.1, 0.15) is 12.7 Å². The van der Waals surface area contributed by atoms with Gasteiger partial charge in [-0.2, -0.15) is 0 Å². The third-order valence-electron chi connectivity index (χ3n) is 2.56. The van der Waals surface area contributed by atoms with Crippen molar-refractivity contribution in [1.29, 1.82) is 0 Å². The van der Waals surface area contributed by atoms with Gasteiger partial charge in [-0.25, -0.2) is 9.97 Å². The zero-order valence-electron chi connectivity index (χ0n) is 10.9. The lowest BCUT2D eigenvalue weighted by Gasteiger charge is -2.09. The van der Waals surface area contributed by atoms with Gasteiger partial charge in [0, 0.05) is 18.2 Å². The third-order valence-corrected chi connectivity index (χ3v) is 2.75. The largest absolute Gasteiger partial charge is 0.496 e. The molecule has 1 aromatic carbocycles. The van der Waals surface area contributed by atoms with E-state index in [0.717, 1.165) is 17.0 Å². The Morgan fingerprint density at radius 2 is 2.00 bits per heavy atom. The van der Waals surface area contributed by atoms with Crippen molar-refractivity contribution in [3.63, 3.8) is 0 Å². The quantitative estimate of drug-likeness (QED) is 0.787. The van der Waals surface area contributed by atoms with Crippen molar-refractivity contribution in [2.24, 2.45) is 0 Å². The molecule has 4 nitrogen and oxygen atoms in total. The van der Waals surface area contributed by atoms with Gasteiger partial charge in [0.15, 0.2) is 5.82 Å². The molecule has 0 unspecified atom stereocenters. The maximum atomic E-state index is 6.03. The Bertz CT molecular complexity index is 561. The van der Waals surface area contributed by atoms with Crippen molar-refractivity contribution in [2.75, 3.05) is 13.7 Å². The molecule has 0 amide bonds. The molecular formula is C14H15ClN2O2. The monoisotopic (exact) mass is 278 g/mol. The number of halogens is 1. The van der Waals surface area contributed by atoms with Crippen molar-refractivity contribution in [3.05, 3.63) is 41.3 Å². The van der Waals surface area contributed by atoms with Gasteiger partial charge in [0.25, 0.3) is 0 Å². The van der Waals surface area contributed by atoms with E-state index in [1.54, 1.807) is 13.2 Å². The summed E-state index contributed by atoms with van der Waals surface area (Å²) in [5.41, 5.74) is 1.61. The van der Waals surface area contributed by atoms with Crippen LogP contribution in [-0.2, 0) is 11.3 Å². The average Bonchev–Trinajstić information content (AvgIpc) is 2.44. The fourth-order valence-electron chi connectivity index (χ4n) is 1.72. The number of hydrogen-bond acceptors (Lipinski definition) is 4. The van der Waals surface area contributed by atoms with E-state index in [4.69, 9.17) is 21.1 Å². The van der Waals surface area contributed by atoms with E-state index >= 15 is 0 Å². The second-order valence-corrected chi connectivity index (χ2v) is 4.22. The molecule has 5 heteroatoms. The van der Waals surface area contributed by atoms with Gasteiger partial charge in [0.2, 0.25) is 0 Å². The first kappa shape index (κ1) is 13.8. The molecule has 0 spiro atoms. The number of methoxy groups -OCH3 is 1. The Morgan fingerprint density at radius 1 is 1.21 bits per heavy atom. The smallest absolute Gasteiger partial charge is 0.156 e. The lowest BCUT2D eigenvalue weighted by Crippen LogP contribution is -2.01. The predicted octanol–water partition coefficient (Wildman–Crippen LogP) is 3.34. The molecule has 2 aromatic rings. The second kappa shape index (κ2) is 6.50. The lowest BCUT2D eigenvalue weighted by molar-refractivity contribution is 0.128. The summed E-state index contributed by atoms with van der Waals surface area (Å²) in [5.74, 6) is 1.31. The molecule has 1 heterocycles. The number of benzene rings is 1. The molecule has 0 N–H and O–H groups in total. The number of ether oxygens (including phenoxy) is 2. The summed E-state index contributed by atoms with van der Waals surface area (Å²) in [6.45, 7) is 2.88. The van der Waals surface area contributed by atoms with Gasteiger partial charge in [0.05, 0.1) is 12.8 Å². The number of aromatic nitrogens is 2. The maximum Gasteiger partial charge on any atom is 0.156 e. The van der Waals surface area contributed by atoms with Gasteiger partial charge in [-0.3, -0.25) is 0 Å². The summed E-state index contributed by atoms with van der Waals surface area (Å²) in [5, 5.41) is 0.394. The minimum absolute atomic E-state index is 0.346. The van der Waals surface area contributed by atoms with Crippen molar-refractivity contribution in [1.82, 2.24) is 9.97 Å². The minimum Gasteiger partial charge on any atom is -0.496 e. The molecule has 0 aliphatic heterocycles. The van der Waals surface area contributed by atoms with E-state index in [-0.39, 0.29) is 0 Å². The van der Waals surface area contributed by atoms with Crippen LogP contribution in [0.3, 0.4) is 0 Å². The van der Waals surface area contributed by atoms with Crippen LogP contribution < -0.4 is 4.74 Å². The summed E-state index contributed by atoms with van der Waals surface area (Å²) < 4.78 is 10.6. The first-order valence-corrected chi connectivity index (χ1v) is 6.37. The van der Waals surface area contributed by atoms with Crippen LogP contribution in [0, 0.1) is 0 Å². The molecule has 0 saturated heterocycles. The number of rotatable bonds is 5. The van der Waals surface area contributed by atoms with Crippen LogP contribution in [0.25, 0.3) is 11.3 Å². The van der Waals surface area contributed by atoms with Gasteiger partial charge >= 0.3 is 0 Å². The number of para-hydroxylation sites is 1. The van der Waals surface area contributed by atoms with Gasteiger partial charge in [-0.1, -0.05) is 23.7 Å². The zero-order valence-corrected chi connectivity index (χ0v) is 11.6. The summed E-state index contributed by atoms with van der Waals surface area (Å²) in [6.07, 6.45) is 0. The van der Waals surface area contributed by atoms with Crippen molar-refractivity contribution >= 4 is 11.6 Å². The van der Waals surface area contributed by atoms with Crippen LogP contribution in [-0.4, -0.2) is 23.7 Å². The highest BCUT2D eigenvalue weighted by Crippen LogP contribution is 2.29. The maximum absolute atomic E-state index is 6.03. The van der Waals surface area contributed by atoms with Crippen LogP contribution in [0.2, 0.25) is 5.15 Å². The van der Waals surface area contributed by atoms with E-state index in [1.165, 1.54) is 0 Å². The second-order valence-electron chi connectivity index (χ2n) is 3.83. The van der Waals surface area contributed by atoms with Crippen LogP contribution in [0.15, 0.2) is 30.3 Å². The summed E-state index contributed by atoms with van der Waals surface area (Å²) in [4.78, 5) is 8.59. The Hall–Kier alpha value is -1.65. The molecule has 0 fully saturated rings. The molecule has 0 radical (unpaired) electrons. The van der Waals surface area contributed by atoms with Gasteiger partial charge in [-0.15, -0.1) is 0 Å². The van der Waals surface area contributed by atoms with Gasteiger partial charge in [0.1, 0.15) is 17.5 Å². The van der Waals surface area contributed by atoms with E-state index in [9.17, 15) is 0 Å². The lowest BCUT2D eigenvalue weighted by atomic mass is 10.1. The van der Waals surface area contributed by atoms with Crippen molar-refractivity contribution in [2.45, 2.75) is 13.5 Å². The standard InChI is InChI=1S/C14H15ClN2O2/c1-3-19-9-14-16-11(8-13(15)17-14)10-6-4-5-7-12(10)18-2/h4-8H,3,9H2,1-2H3. The highest BCUT2D eigenvalue weighted by atomic mass is 35.5. The SMILES string of the molecule is CCOCc1nc(Cl)cc(-c2ccccc2OC)n1. The van der Waals surface area contributed by atoms with Crippen LogP contribution >= 0.6 is 11.6 Å². The number of nitrogens with zero attached hydrogens (tertiary/aromatic N) is 2. The first-order chi connectivity index (χ1) is 9.24. The zero-order chi connectivity index (χ0) is 13.7. The molecule has 100 valence electrons. The normalized spacial score (nSPS) is 10.5. The van der Waals surface area contributed by atoms with E-state index in [0.29, 0.717) is 24.2 Å². The first-order valence-electron chi connectivity index (χ1n) is 5.99. The fourth-order valence-corrected chi connectivity index (χ4v) is 1.92. The fraction of sp³-hybridized carbons (Fsp3) is 0.286. The van der Waals surface area contributed by atoms with Crippen molar-refractivity contribution in [3.8, 4) is 17.0 Å². The van der Waals surface area contributed by atoms with E-state index < -0.39 is 0 Å². The van der Waals surface area contributed by atoms with Gasteiger partial charge < -0.3 is 9.47 Å². The Labute approximate surface area is 117 Å². The topological polar surface area (TPSA) is 44.2 Å². The van der Waals surface area contributed by atoms with Gasteiger partial charge in [-0.05, 0) is 19.1 Å². The molecule has 19 heavy (non-hydrogen) atoms. The molecule has 0 atom stereocenters. The molecule has 2 rings (SSSR count). The van der Waals surface area contributed by atoms with E-state index in [1.807, 2.05) is 31.2 Å². The molecular weight excluding hydrogens is 264 g/mol. The minimum atomic E-state index is 0.346. The Morgan fingerprint density at radius 3 is 2.74 bits per heavy atom. The molecule has 0 aliphatic rings. The van der Waals surface area contributed by atoms with Crippen molar-refractivity contribution < 1.29 is 9.47 Å². The summed E-state index contributed by atoms with van der Waals surface area (Å²) in [6, 6.07) is 9.37. The predicted molar refractivity (Wildman–Crippen MR) is 74.4 cm³/mol. The molecule has 1 aromatic heterocycles. The van der Waals surface area contributed by atoms with Crippen LogP contribution in [0.4, 0.5) is 0 Å². The summed E-state index contributed by atoms with van der Waals surface area (Å²) in [7, 11) is 1.63. The highest BCUT2D eigenvalue weighted by molar-refractivity contribution is 6.29. The summed E-state index contributed by atoms with van der Waals surface area (Å²) >= 11 is 6.03. The van der Waals surface area contributed by atoms with E-state index in [2.05, 4.69) is 9.97 Å². The molecule has 0 saturated carbocycles. The van der Waals surface area contributed by atoms with Crippen LogP contribution in [0.5, 0.6) is 5.75 Å². The molecule has 0 aliphatic carbocycles. The number of hydrogen-bond donors (Lipinski definition) is 0. The third kappa shape index (κ3) is 3.43. The highest BCUT2D eigenvalue weighted by Gasteiger charge is 2.09. The average molecular weight is 279 g/mol.